The Hall–Kier alpha value is -6.52. The molecule has 0 N–H and O–H groups in total. The highest BCUT2D eigenvalue weighted by Crippen LogP contribution is 2.43. The smallest absolute Gasteiger partial charge is 0.164 e. The molecular formula is C46H30N4. The summed E-state index contributed by atoms with van der Waals surface area (Å²) in [5, 5.41) is 5.79. The zero-order chi connectivity index (χ0) is 33.0. The Kier molecular flexibility index (Phi) is 6.59. The second-order valence-electron chi connectivity index (χ2n) is 13.0. The van der Waals surface area contributed by atoms with E-state index in [2.05, 4.69) is 146 Å². The van der Waals surface area contributed by atoms with Crippen LogP contribution >= 0.6 is 0 Å². The number of rotatable bonds is 4. The summed E-state index contributed by atoms with van der Waals surface area (Å²) < 4.78 is 0. The molecule has 4 nitrogen and oxygen atoms in total. The van der Waals surface area contributed by atoms with Crippen molar-refractivity contribution in [1.29, 1.82) is 0 Å². The van der Waals surface area contributed by atoms with Crippen molar-refractivity contribution in [2.75, 3.05) is 0 Å². The molecule has 6 aromatic carbocycles. The summed E-state index contributed by atoms with van der Waals surface area (Å²) in [5.74, 6) is 2.51. The molecule has 2 aromatic heterocycles. The van der Waals surface area contributed by atoms with Gasteiger partial charge in [-0.25, -0.2) is 15.0 Å². The van der Waals surface area contributed by atoms with E-state index in [1.807, 2.05) is 24.4 Å². The highest BCUT2D eigenvalue weighted by atomic mass is 15.0. The summed E-state index contributed by atoms with van der Waals surface area (Å²) in [7, 11) is 0. The number of aromatic nitrogens is 4. The van der Waals surface area contributed by atoms with Crippen LogP contribution in [0.15, 0.2) is 170 Å². The third kappa shape index (κ3) is 4.76. The van der Waals surface area contributed by atoms with E-state index >= 15 is 0 Å². The third-order valence-electron chi connectivity index (χ3n) is 10.1. The molecule has 0 saturated heterocycles. The van der Waals surface area contributed by atoms with Gasteiger partial charge in [-0.15, -0.1) is 0 Å². The van der Waals surface area contributed by atoms with Crippen molar-refractivity contribution in [2.24, 2.45) is 5.92 Å². The van der Waals surface area contributed by atoms with E-state index in [0.717, 1.165) is 49.5 Å². The van der Waals surface area contributed by atoms with E-state index in [1.165, 1.54) is 21.9 Å². The van der Waals surface area contributed by atoms with Crippen molar-refractivity contribution in [3.63, 3.8) is 0 Å². The van der Waals surface area contributed by atoms with Gasteiger partial charge in [-0.3, -0.25) is 4.98 Å². The molecule has 0 saturated carbocycles. The van der Waals surface area contributed by atoms with Gasteiger partial charge in [-0.2, -0.15) is 0 Å². The van der Waals surface area contributed by atoms with Gasteiger partial charge in [0.05, 0.1) is 5.52 Å². The fourth-order valence-corrected chi connectivity index (χ4v) is 7.63. The molecule has 2 atom stereocenters. The van der Waals surface area contributed by atoms with Crippen molar-refractivity contribution in [3.8, 4) is 33.9 Å². The van der Waals surface area contributed by atoms with Gasteiger partial charge in [0, 0.05) is 45.7 Å². The van der Waals surface area contributed by atoms with Crippen LogP contribution in [-0.2, 0) is 0 Å². The molecule has 234 valence electrons. The monoisotopic (exact) mass is 638 g/mol. The first kappa shape index (κ1) is 28.5. The number of allylic oxidation sites excluding steroid dienone is 5. The predicted octanol–water partition coefficient (Wildman–Crippen LogP) is 11.0. The Labute approximate surface area is 289 Å². The average Bonchev–Trinajstić information content (AvgIpc) is 3.20. The molecule has 0 bridgehead atoms. The maximum Gasteiger partial charge on any atom is 0.164 e. The van der Waals surface area contributed by atoms with Gasteiger partial charge >= 0.3 is 0 Å². The van der Waals surface area contributed by atoms with Gasteiger partial charge < -0.3 is 0 Å². The van der Waals surface area contributed by atoms with Crippen molar-refractivity contribution in [2.45, 2.75) is 5.92 Å². The molecule has 50 heavy (non-hydrogen) atoms. The van der Waals surface area contributed by atoms with Crippen molar-refractivity contribution in [1.82, 2.24) is 19.9 Å². The lowest BCUT2D eigenvalue weighted by Gasteiger charge is -2.30. The molecular weight excluding hydrogens is 609 g/mol. The number of hydrogen-bond acceptors (Lipinski definition) is 4. The minimum atomic E-state index is 0.227. The topological polar surface area (TPSA) is 51.6 Å². The largest absolute Gasteiger partial charge is 0.256 e. The Morgan fingerprint density at radius 1 is 0.460 bits per heavy atom. The quantitative estimate of drug-likeness (QED) is 0.180. The van der Waals surface area contributed by atoms with Gasteiger partial charge in [-0.1, -0.05) is 146 Å². The number of pyridine rings is 1. The summed E-state index contributed by atoms with van der Waals surface area (Å²) in [6, 6.07) is 46.9. The second kappa shape index (κ2) is 11.6. The van der Waals surface area contributed by atoms with E-state index in [1.54, 1.807) is 0 Å². The van der Waals surface area contributed by atoms with Crippen LogP contribution in [0.1, 0.15) is 22.9 Å². The highest BCUT2D eigenvalue weighted by Gasteiger charge is 2.29. The number of nitrogens with zero attached hydrogens (tertiary/aromatic N) is 4. The van der Waals surface area contributed by atoms with Gasteiger partial charge in [0.2, 0.25) is 0 Å². The summed E-state index contributed by atoms with van der Waals surface area (Å²) >= 11 is 0. The Morgan fingerprint density at radius 3 is 2.04 bits per heavy atom. The summed E-state index contributed by atoms with van der Waals surface area (Å²) in [6.45, 7) is 0. The van der Waals surface area contributed by atoms with Gasteiger partial charge in [0.15, 0.2) is 17.5 Å². The van der Waals surface area contributed by atoms with E-state index < -0.39 is 0 Å². The molecule has 0 amide bonds. The normalized spacial score (nSPS) is 16.4. The maximum absolute atomic E-state index is 5.30. The van der Waals surface area contributed by atoms with Crippen LogP contribution in [0, 0.1) is 5.92 Å². The maximum atomic E-state index is 5.30. The third-order valence-corrected chi connectivity index (χ3v) is 10.1. The van der Waals surface area contributed by atoms with Crippen LogP contribution in [-0.4, -0.2) is 19.9 Å². The molecule has 10 rings (SSSR count). The Morgan fingerprint density at radius 2 is 1.14 bits per heavy atom. The first-order valence-corrected chi connectivity index (χ1v) is 17.1. The molecule has 8 aromatic rings. The number of para-hydroxylation sites is 1. The van der Waals surface area contributed by atoms with Gasteiger partial charge in [0.1, 0.15) is 0 Å². The molecule has 0 spiro atoms. The zero-order valence-electron chi connectivity index (χ0n) is 27.1. The fraction of sp³-hybridized carbons (Fsp3) is 0.0435. The number of benzene rings is 6. The minimum absolute atomic E-state index is 0.227. The Bertz CT molecular complexity index is 2720. The van der Waals surface area contributed by atoms with E-state index in [4.69, 9.17) is 19.9 Å². The van der Waals surface area contributed by atoms with Crippen LogP contribution in [0.2, 0.25) is 0 Å². The van der Waals surface area contributed by atoms with Crippen LogP contribution in [0.3, 0.4) is 0 Å². The predicted molar refractivity (Wildman–Crippen MR) is 204 cm³/mol. The zero-order valence-corrected chi connectivity index (χ0v) is 27.1. The van der Waals surface area contributed by atoms with E-state index in [9.17, 15) is 0 Å². The van der Waals surface area contributed by atoms with Gasteiger partial charge in [-0.05, 0) is 56.4 Å². The lowest BCUT2D eigenvalue weighted by Crippen LogP contribution is -2.17. The van der Waals surface area contributed by atoms with Crippen LogP contribution in [0.5, 0.6) is 0 Å². The molecule has 2 aliphatic carbocycles. The Balaban J connectivity index is 1.17. The van der Waals surface area contributed by atoms with Crippen LogP contribution < -0.4 is 0 Å². The minimum Gasteiger partial charge on any atom is -0.256 e. The van der Waals surface area contributed by atoms with Crippen molar-refractivity contribution in [3.05, 3.63) is 187 Å². The highest BCUT2D eigenvalue weighted by molar-refractivity contribution is 6.13. The first-order chi connectivity index (χ1) is 24.8. The molecule has 4 heteroatoms. The van der Waals surface area contributed by atoms with Crippen molar-refractivity contribution < 1.29 is 0 Å². The molecule has 0 fully saturated rings. The summed E-state index contributed by atoms with van der Waals surface area (Å²) in [5.41, 5.74) is 8.58. The molecule has 2 heterocycles. The van der Waals surface area contributed by atoms with E-state index in [0.29, 0.717) is 23.4 Å². The lowest BCUT2D eigenvalue weighted by molar-refractivity contribution is 0.687. The standard InChI is InChI=1S/C46H30N4/c1-4-14-35-31(11-1)26-41(39-18-8-6-16-37(35)39)45-48-44(30-23-21-29(22-24-30)34-25-33-13-3-10-20-43(33)47-28-34)49-46(50-45)42-27-32-12-2-5-15-36(32)38-17-7-9-19-40(38)42/h1-28,31,35H. The molecule has 2 aliphatic rings. The number of hydrogen-bond donors (Lipinski definition) is 0. The lowest BCUT2D eigenvalue weighted by atomic mass is 9.74. The van der Waals surface area contributed by atoms with Gasteiger partial charge in [0.25, 0.3) is 0 Å². The SMILES string of the molecule is C1=CC2C=C(c3nc(-c4ccc(-c5cnc6ccccc6c5)cc4)nc(-c4cc5ccccc5c5ccccc45)n3)c3ccccc3C2C=C1. The average molecular weight is 639 g/mol. The van der Waals surface area contributed by atoms with Crippen molar-refractivity contribution >= 4 is 38.0 Å². The number of fused-ring (bicyclic) bond motifs is 7. The van der Waals surface area contributed by atoms with E-state index in [-0.39, 0.29) is 5.92 Å². The summed E-state index contributed by atoms with van der Waals surface area (Å²) in [4.78, 5) is 20.4. The molecule has 0 radical (unpaired) electrons. The first-order valence-electron chi connectivity index (χ1n) is 17.1. The van der Waals surface area contributed by atoms with Crippen LogP contribution in [0.4, 0.5) is 0 Å². The summed E-state index contributed by atoms with van der Waals surface area (Å²) in [6.07, 6.45) is 13.1. The fourth-order valence-electron chi connectivity index (χ4n) is 7.63. The second-order valence-corrected chi connectivity index (χ2v) is 13.0. The molecule has 2 unspecified atom stereocenters. The molecule has 0 aliphatic heterocycles. The van der Waals surface area contributed by atoms with Crippen LogP contribution in [0.25, 0.3) is 71.9 Å².